The quantitative estimate of drug-likeness (QED) is 0.801. The molecule has 6 nitrogen and oxygen atoms in total. The van der Waals surface area contributed by atoms with Crippen LogP contribution in [0.2, 0.25) is 5.15 Å². The van der Waals surface area contributed by atoms with E-state index in [-0.39, 0.29) is 24.0 Å². The van der Waals surface area contributed by atoms with Gasteiger partial charge >= 0.3 is 0 Å². The molecule has 0 spiro atoms. The van der Waals surface area contributed by atoms with Crippen LogP contribution in [0.3, 0.4) is 0 Å². The van der Waals surface area contributed by atoms with Crippen molar-refractivity contribution in [2.24, 2.45) is 0 Å². The van der Waals surface area contributed by atoms with Crippen LogP contribution in [-0.4, -0.2) is 32.1 Å². The minimum absolute atomic E-state index is 0.112. The molecule has 1 atom stereocenters. The molecule has 0 bridgehead atoms. The Morgan fingerprint density at radius 3 is 2.72 bits per heavy atom. The number of nitrogens with one attached hydrogen (secondary N) is 1. The van der Waals surface area contributed by atoms with Gasteiger partial charge in [0.05, 0.1) is 18.1 Å². The number of anilines is 1. The Balaban J connectivity index is 1.79. The van der Waals surface area contributed by atoms with Crippen LogP contribution in [0, 0.1) is 0 Å². The monoisotopic (exact) mass is 364 g/mol. The van der Waals surface area contributed by atoms with E-state index in [2.05, 4.69) is 15.3 Å². The summed E-state index contributed by atoms with van der Waals surface area (Å²) >= 11 is 6.05. The van der Waals surface area contributed by atoms with E-state index in [1.165, 1.54) is 6.42 Å². The van der Waals surface area contributed by atoms with Gasteiger partial charge in [0, 0.05) is 6.04 Å². The van der Waals surface area contributed by atoms with Crippen LogP contribution in [0.15, 0.2) is 12.1 Å². The first kappa shape index (κ1) is 18.1. The number of ether oxygens (including phenoxy) is 1. The lowest BCUT2D eigenvalue weighted by molar-refractivity contribution is -0.121. The molecular formula is C18H25ClN4O2. The number of fused-ring (bicyclic) bond motifs is 1. The number of hydrogen-bond donors (Lipinski definition) is 1. The molecule has 0 aromatic carbocycles. The van der Waals surface area contributed by atoms with Crippen molar-refractivity contribution in [3.05, 3.63) is 17.3 Å². The van der Waals surface area contributed by atoms with Gasteiger partial charge in [0.1, 0.15) is 10.7 Å². The number of halogens is 1. The molecule has 3 rings (SSSR count). The minimum Gasteiger partial charge on any atom is -0.372 e. The highest BCUT2D eigenvalue weighted by Crippen LogP contribution is 2.37. The van der Waals surface area contributed by atoms with Crippen LogP contribution < -0.4 is 5.32 Å². The van der Waals surface area contributed by atoms with Crippen LogP contribution in [0.4, 0.5) is 5.95 Å². The molecule has 2 heterocycles. The highest BCUT2D eigenvalue weighted by Gasteiger charge is 2.27. The summed E-state index contributed by atoms with van der Waals surface area (Å²) in [6, 6.07) is 3.86. The van der Waals surface area contributed by atoms with E-state index in [0.29, 0.717) is 17.1 Å². The zero-order chi connectivity index (χ0) is 18.2. The Labute approximate surface area is 152 Å². The summed E-state index contributed by atoms with van der Waals surface area (Å²) in [6.45, 7) is 7.84. The lowest BCUT2D eigenvalue weighted by Gasteiger charge is -2.28. The summed E-state index contributed by atoms with van der Waals surface area (Å²) in [4.78, 5) is 21.4. The fraction of sp³-hybridized carbons (Fsp3) is 0.611. The van der Waals surface area contributed by atoms with Crippen LogP contribution in [0.25, 0.3) is 11.2 Å². The molecule has 1 aliphatic carbocycles. The molecule has 0 aliphatic heterocycles. The second-order valence-electron chi connectivity index (χ2n) is 7.66. The SMILES string of the molecule is CC(CC(=O)Nc1nc2ccc(Cl)nc2n1C1CCC1)OC(C)(C)C. The number of pyridine rings is 1. The van der Waals surface area contributed by atoms with Gasteiger partial charge in [-0.2, -0.15) is 0 Å². The number of aromatic nitrogens is 3. The summed E-state index contributed by atoms with van der Waals surface area (Å²) in [7, 11) is 0. The molecule has 1 N–H and O–H groups in total. The second-order valence-corrected chi connectivity index (χ2v) is 8.05. The van der Waals surface area contributed by atoms with E-state index in [1.54, 1.807) is 6.07 Å². The van der Waals surface area contributed by atoms with Gasteiger partial charge in [-0.25, -0.2) is 9.97 Å². The summed E-state index contributed by atoms with van der Waals surface area (Å²) in [5.74, 6) is 0.432. The molecule has 1 saturated carbocycles. The molecule has 2 aromatic rings. The van der Waals surface area contributed by atoms with Crippen molar-refractivity contribution in [2.75, 3.05) is 5.32 Å². The van der Waals surface area contributed by atoms with Crippen molar-refractivity contribution < 1.29 is 9.53 Å². The lowest BCUT2D eigenvalue weighted by atomic mass is 9.93. The van der Waals surface area contributed by atoms with Gasteiger partial charge in [-0.3, -0.25) is 14.7 Å². The fourth-order valence-electron chi connectivity index (χ4n) is 3.11. The Kier molecular flexibility index (Phi) is 5.02. The number of amides is 1. The van der Waals surface area contributed by atoms with E-state index in [4.69, 9.17) is 16.3 Å². The number of imidazole rings is 1. The van der Waals surface area contributed by atoms with E-state index < -0.39 is 0 Å². The van der Waals surface area contributed by atoms with Gasteiger partial charge in [0.15, 0.2) is 5.65 Å². The summed E-state index contributed by atoms with van der Waals surface area (Å²) in [5.41, 5.74) is 1.19. The van der Waals surface area contributed by atoms with Crippen molar-refractivity contribution in [3.63, 3.8) is 0 Å². The molecule has 1 fully saturated rings. The average molecular weight is 365 g/mol. The van der Waals surface area contributed by atoms with Gasteiger partial charge < -0.3 is 4.74 Å². The van der Waals surface area contributed by atoms with Crippen molar-refractivity contribution in [2.45, 2.75) is 71.1 Å². The number of carbonyl (C=O) groups excluding carboxylic acids is 1. The highest BCUT2D eigenvalue weighted by atomic mass is 35.5. The normalized spacial score (nSPS) is 16.7. The van der Waals surface area contributed by atoms with Crippen LogP contribution in [0.5, 0.6) is 0 Å². The maximum atomic E-state index is 12.4. The lowest BCUT2D eigenvalue weighted by Crippen LogP contribution is -2.29. The Morgan fingerprint density at radius 1 is 1.40 bits per heavy atom. The van der Waals surface area contributed by atoms with Gasteiger partial charge in [-0.05, 0) is 59.1 Å². The van der Waals surface area contributed by atoms with Crippen molar-refractivity contribution in [1.29, 1.82) is 0 Å². The zero-order valence-electron chi connectivity index (χ0n) is 15.2. The standard InChI is InChI=1S/C18H25ClN4O2/c1-11(25-18(2,3)4)10-15(24)22-17-20-13-8-9-14(19)21-16(13)23(17)12-6-5-7-12/h8-9,11-12H,5-7,10H2,1-4H3,(H,20,22,24). The first-order valence-electron chi connectivity index (χ1n) is 8.75. The maximum absolute atomic E-state index is 12.4. The van der Waals surface area contributed by atoms with E-state index >= 15 is 0 Å². The molecule has 0 radical (unpaired) electrons. The smallest absolute Gasteiger partial charge is 0.229 e. The molecule has 25 heavy (non-hydrogen) atoms. The third kappa shape index (κ3) is 4.30. The third-order valence-corrected chi connectivity index (χ3v) is 4.43. The van der Waals surface area contributed by atoms with Crippen molar-refractivity contribution in [3.8, 4) is 0 Å². The highest BCUT2D eigenvalue weighted by molar-refractivity contribution is 6.29. The summed E-state index contributed by atoms with van der Waals surface area (Å²) < 4.78 is 7.82. The van der Waals surface area contributed by atoms with E-state index in [0.717, 1.165) is 24.0 Å². The molecular weight excluding hydrogens is 340 g/mol. The topological polar surface area (TPSA) is 69.0 Å². The fourth-order valence-corrected chi connectivity index (χ4v) is 3.25. The second kappa shape index (κ2) is 6.92. The predicted octanol–water partition coefficient (Wildman–Crippen LogP) is 4.34. The van der Waals surface area contributed by atoms with Gasteiger partial charge in [0.25, 0.3) is 0 Å². The zero-order valence-corrected chi connectivity index (χ0v) is 15.9. The summed E-state index contributed by atoms with van der Waals surface area (Å²) in [5, 5.41) is 3.36. The van der Waals surface area contributed by atoms with Crippen LogP contribution in [0.1, 0.15) is 59.4 Å². The Bertz CT molecular complexity index is 777. The first-order chi connectivity index (χ1) is 11.7. The van der Waals surface area contributed by atoms with Crippen molar-refractivity contribution >= 4 is 34.6 Å². The summed E-state index contributed by atoms with van der Waals surface area (Å²) in [6.07, 6.45) is 3.40. The van der Waals surface area contributed by atoms with E-state index in [1.807, 2.05) is 38.3 Å². The van der Waals surface area contributed by atoms with E-state index in [9.17, 15) is 4.79 Å². The molecule has 7 heteroatoms. The molecule has 2 aromatic heterocycles. The van der Waals surface area contributed by atoms with Crippen molar-refractivity contribution in [1.82, 2.24) is 14.5 Å². The Hall–Kier alpha value is -1.66. The minimum atomic E-state index is -0.278. The first-order valence-corrected chi connectivity index (χ1v) is 9.13. The molecule has 1 aliphatic rings. The number of carbonyl (C=O) groups is 1. The van der Waals surface area contributed by atoms with Gasteiger partial charge in [-0.1, -0.05) is 11.6 Å². The van der Waals surface area contributed by atoms with Crippen LogP contribution in [-0.2, 0) is 9.53 Å². The largest absolute Gasteiger partial charge is 0.372 e. The third-order valence-electron chi connectivity index (χ3n) is 4.22. The van der Waals surface area contributed by atoms with Gasteiger partial charge in [-0.15, -0.1) is 0 Å². The molecule has 1 unspecified atom stereocenters. The maximum Gasteiger partial charge on any atom is 0.229 e. The molecule has 1 amide bonds. The van der Waals surface area contributed by atoms with Gasteiger partial charge in [0.2, 0.25) is 11.9 Å². The Morgan fingerprint density at radius 2 is 2.12 bits per heavy atom. The molecule has 136 valence electrons. The molecule has 0 saturated heterocycles. The predicted molar refractivity (Wildman–Crippen MR) is 99.0 cm³/mol. The average Bonchev–Trinajstić information content (AvgIpc) is 2.72. The van der Waals surface area contributed by atoms with Crippen LogP contribution >= 0.6 is 11.6 Å². The number of nitrogens with zero attached hydrogens (tertiary/aromatic N) is 3. The number of rotatable bonds is 5. The number of hydrogen-bond acceptors (Lipinski definition) is 4.